The molecule has 5 nitrogen and oxygen atoms in total. The Hall–Kier alpha value is -2.94. The molecule has 5 heteroatoms. The molecule has 0 heterocycles. The molecule has 1 atom stereocenters. The number of rotatable bonds is 8. The zero-order valence-electron chi connectivity index (χ0n) is 25.9. The summed E-state index contributed by atoms with van der Waals surface area (Å²) in [4.78, 5) is 21.5. The van der Waals surface area contributed by atoms with Gasteiger partial charge in [0.2, 0.25) is 0 Å². The summed E-state index contributed by atoms with van der Waals surface area (Å²) >= 11 is 0. The molecular weight excluding hydrogens is 486 g/mol. The minimum Gasteiger partial charge on any atom is -0.480 e. The van der Waals surface area contributed by atoms with Crippen LogP contribution in [0, 0.1) is 31.1 Å². The summed E-state index contributed by atoms with van der Waals surface area (Å²) in [6, 6.07) is 12.7. The monoisotopic (exact) mass is 535 g/mol. The average molecular weight is 536 g/mol. The van der Waals surface area contributed by atoms with E-state index >= 15 is 0 Å². The molecule has 2 aromatic rings. The van der Waals surface area contributed by atoms with Gasteiger partial charge in [-0.15, -0.1) is 0 Å². The molecule has 0 aromatic heterocycles. The van der Waals surface area contributed by atoms with Crippen LogP contribution < -0.4 is 5.32 Å². The molecule has 0 bridgehead atoms. The molecule has 0 amide bonds. The third kappa shape index (κ3) is 7.81. The van der Waals surface area contributed by atoms with Crippen LogP contribution in [0.4, 0.5) is 0 Å². The highest BCUT2D eigenvalue weighted by Crippen LogP contribution is 2.40. The lowest BCUT2D eigenvalue weighted by molar-refractivity contribution is -0.143. The number of carbonyl (C=O) groups excluding carboxylic acids is 1. The molecule has 39 heavy (non-hydrogen) atoms. The number of hydrogen-bond acceptors (Lipinski definition) is 4. The first-order valence-corrected chi connectivity index (χ1v) is 13.8. The van der Waals surface area contributed by atoms with Crippen LogP contribution in [0.25, 0.3) is 0 Å². The van der Waals surface area contributed by atoms with Crippen LogP contribution >= 0.6 is 0 Å². The van der Waals surface area contributed by atoms with Crippen molar-refractivity contribution in [2.24, 2.45) is 5.41 Å². The maximum absolute atomic E-state index is 11.3. The van der Waals surface area contributed by atoms with Gasteiger partial charge in [0.25, 0.3) is 0 Å². The Labute approximate surface area is 236 Å². The minimum atomic E-state index is -1.02. The van der Waals surface area contributed by atoms with Crippen molar-refractivity contribution >= 4 is 12.3 Å². The first-order chi connectivity index (χ1) is 18.0. The van der Waals surface area contributed by atoms with Gasteiger partial charge in [0.15, 0.2) is 0 Å². The molecule has 2 rings (SSSR count). The third-order valence-electron chi connectivity index (χ3n) is 8.25. The second kappa shape index (κ2) is 13.4. The summed E-state index contributed by atoms with van der Waals surface area (Å²) in [6.45, 7) is 19.8. The largest absolute Gasteiger partial charge is 0.480 e. The zero-order valence-corrected chi connectivity index (χ0v) is 25.9. The van der Waals surface area contributed by atoms with E-state index in [0.29, 0.717) is 6.42 Å². The molecule has 0 saturated heterocycles. The Morgan fingerprint density at radius 2 is 1.41 bits per heavy atom. The van der Waals surface area contributed by atoms with Crippen molar-refractivity contribution in [3.63, 3.8) is 0 Å². The quantitative estimate of drug-likeness (QED) is 0.255. The number of aliphatic carboxylic acids is 1. The number of benzene rings is 2. The van der Waals surface area contributed by atoms with Crippen LogP contribution in [-0.2, 0) is 10.2 Å². The van der Waals surface area contributed by atoms with Crippen molar-refractivity contribution in [2.45, 2.75) is 105 Å². The number of carbonyl (C=O) groups is 2. The zero-order chi connectivity index (χ0) is 30.2. The van der Waals surface area contributed by atoms with Crippen molar-refractivity contribution in [1.29, 1.82) is 0 Å². The van der Waals surface area contributed by atoms with Crippen molar-refractivity contribution in [1.82, 2.24) is 5.32 Å². The van der Waals surface area contributed by atoms with E-state index in [4.69, 9.17) is 5.11 Å². The van der Waals surface area contributed by atoms with E-state index < -0.39 is 17.1 Å². The second-order valence-electron chi connectivity index (χ2n) is 11.9. The van der Waals surface area contributed by atoms with E-state index in [1.165, 1.54) is 11.1 Å². The lowest BCUT2D eigenvalue weighted by Gasteiger charge is -2.35. The average Bonchev–Trinajstić information content (AvgIpc) is 2.88. The number of hydrogen-bond donors (Lipinski definition) is 3. The lowest BCUT2D eigenvalue weighted by atomic mass is 9.69. The van der Waals surface area contributed by atoms with Crippen LogP contribution in [0.3, 0.4) is 0 Å². The molecule has 0 aliphatic carbocycles. The summed E-state index contributed by atoms with van der Waals surface area (Å²) in [5, 5.41) is 22.0. The van der Waals surface area contributed by atoms with Gasteiger partial charge < -0.3 is 15.5 Å². The topological polar surface area (TPSA) is 86.6 Å². The summed E-state index contributed by atoms with van der Waals surface area (Å²) < 4.78 is 0. The van der Waals surface area contributed by atoms with E-state index in [-0.39, 0.29) is 10.8 Å². The van der Waals surface area contributed by atoms with Gasteiger partial charge in [0.05, 0.1) is 0 Å². The van der Waals surface area contributed by atoms with Crippen LogP contribution in [-0.4, -0.2) is 40.7 Å². The molecule has 2 aromatic carbocycles. The molecule has 3 N–H and O–H groups in total. The maximum Gasteiger partial charge on any atom is 0.323 e. The number of carboxylic acid groups (broad SMARTS) is 1. The number of aliphatic hydroxyl groups is 1. The van der Waals surface area contributed by atoms with Crippen molar-refractivity contribution < 1.29 is 19.8 Å². The fourth-order valence-electron chi connectivity index (χ4n) is 4.52. The minimum absolute atomic E-state index is 0.113. The van der Waals surface area contributed by atoms with Crippen LogP contribution in [0.15, 0.2) is 36.4 Å². The predicted octanol–water partition coefficient (Wildman–Crippen LogP) is 6.83. The van der Waals surface area contributed by atoms with Gasteiger partial charge in [-0.1, -0.05) is 83.7 Å². The van der Waals surface area contributed by atoms with Gasteiger partial charge >= 0.3 is 5.97 Å². The highest BCUT2D eigenvalue weighted by molar-refractivity contribution is 5.77. The van der Waals surface area contributed by atoms with E-state index in [1.54, 1.807) is 20.9 Å². The fraction of sp³-hybridized carbons (Fsp3) is 0.529. The van der Waals surface area contributed by atoms with Gasteiger partial charge in [-0.3, -0.25) is 9.59 Å². The number of aryl methyl sites for hydroxylation is 2. The van der Waals surface area contributed by atoms with E-state index in [1.807, 2.05) is 40.7 Å². The van der Waals surface area contributed by atoms with Crippen molar-refractivity contribution in [3.05, 3.63) is 69.8 Å². The smallest absolute Gasteiger partial charge is 0.323 e. The first-order valence-electron chi connectivity index (χ1n) is 13.8. The summed E-state index contributed by atoms with van der Waals surface area (Å²) in [6.07, 6.45) is 3.44. The predicted molar refractivity (Wildman–Crippen MR) is 161 cm³/mol. The lowest BCUT2D eigenvalue weighted by Crippen LogP contribution is -2.44. The maximum atomic E-state index is 11.3. The Kier molecular flexibility index (Phi) is 11.7. The normalized spacial score (nSPS) is 13.3. The summed E-state index contributed by atoms with van der Waals surface area (Å²) in [5.41, 5.74) is 4.09. The second-order valence-corrected chi connectivity index (χ2v) is 11.9. The van der Waals surface area contributed by atoms with Crippen LogP contribution in [0.2, 0.25) is 0 Å². The van der Waals surface area contributed by atoms with Crippen LogP contribution in [0.5, 0.6) is 0 Å². The molecule has 214 valence electrons. The number of aldehydes is 1. The summed E-state index contributed by atoms with van der Waals surface area (Å²) in [5.74, 6) is 5.57. The van der Waals surface area contributed by atoms with Gasteiger partial charge in [-0.05, 0) is 82.3 Å². The highest BCUT2D eigenvalue weighted by Gasteiger charge is 2.37. The first kappa shape index (κ1) is 34.1. The molecule has 0 spiro atoms. The standard InChI is InChI=1S/C29H38O2.C5H11NO2/c1-9-28(10-2,26-15-13-24(20-30)22(5)19-26)25-14-12-23(21(4)18-25)16-17-29(31,11-3)27(6,7)8;1-5(2,6-3)4(7)8/h12-15,18-20,31H,9-11H2,1-8H3;6H,1-3H3,(H,7,8). The number of carboxylic acids is 1. The SMILES string of the molecule is CCC(CC)(c1ccc(C#CC(O)(CC)C(C)(C)C)c(C)c1)c1ccc(C=O)c(C)c1.CNC(C)(C)C(=O)O. The molecule has 0 aliphatic heterocycles. The highest BCUT2D eigenvalue weighted by atomic mass is 16.4. The van der Waals surface area contributed by atoms with E-state index in [2.05, 4.69) is 68.3 Å². The summed E-state index contributed by atoms with van der Waals surface area (Å²) in [7, 11) is 1.62. The molecule has 0 fully saturated rings. The van der Waals surface area contributed by atoms with Crippen molar-refractivity contribution in [3.8, 4) is 11.8 Å². The molecule has 1 unspecified atom stereocenters. The van der Waals surface area contributed by atoms with Crippen LogP contribution in [0.1, 0.15) is 113 Å². The van der Waals surface area contributed by atoms with Gasteiger partial charge in [-0.25, -0.2) is 0 Å². The molecule has 0 radical (unpaired) electrons. The van der Waals surface area contributed by atoms with Gasteiger partial charge in [-0.2, -0.15) is 0 Å². The number of nitrogens with one attached hydrogen (secondary N) is 1. The number of likely N-dealkylation sites (N-methyl/N-ethyl adjacent to an activating group) is 1. The molecular formula is C34H49NO4. The molecule has 0 aliphatic rings. The Balaban J connectivity index is 0.000000824. The molecule has 0 saturated carbocycles. The van der Waals surface area contributed by atoms with Crippen molar-refractivity contribution in [2.75, 3.05) is 7.05 Å². The Morgan fingerprint density at radius 1 is 0.897 bits per heavy atom. The van der Waals surface area contributed by atoms with Gasteiger partial charge in [0, 0.05) is 22.0 Å². The third-order valence-corrected chi connectivity index (χ3v) is 8.25. The van der Waals surface area contributed by atoms with Gasteiger partial charge in [0.1, 0.15) is 17.4 Å². The Morgan fingerprint density at radius 3 is 1.74 bits per heavy atom. The fourth-order valence-corrected chi connectivity index (χ4v) is 4.52. The Bertz CT molecular complexity index is 1210. The van der Waals surface area contributed by atoms with E-state index in [0.717, 1.165) is 41.4 Å². The van der Waals surface area contributed by atoms with E-state index in [9.17, 15) is 14.7 Å².